The Balaban J connectivity index is 1.65. The number of aliphatic carboxylic acids is 1. The average molecular weight is 589 g/mol. The van der Waals surface area contributed by atoms with Crippen molar-refractivity contribution in [3.05, 3.63) is 35.9 Å². The molecule has 1 rings (SSSR count). The highest BCUT2D eigenvalue weighted by molar-refractivity contribution is 5.69. The minimum absolute atomic E-state index is 0.0633. The van der Waals surface area contributed by atoms with Crippen LogP contribution in [0.25, 0.3) is 0 Å². The molecule has 12 heteroatoms. The van der Waals surface area contributed by atoms with E-state index in [2.05, 4.69) is 0 Å². The summed E-state index contributed by atoms with van der Waals surface area (Å²) in [6.07, 6.45) is 1.25. The summed E-state index contributed by atoms with van der Waals surface area (Å²) in [6.45, 7) is 7.85. The molecule has 0 saturated carbocycles. The van der Waals surface area contributed by atoms with Crippen LogP contribution < -0.4 is 0 Å². The molecule has 0 spiro atoms. The van der Waals surface area contributed by atoms with Crippen LogP contribution in [0.2, 0.25) is 0 Å². The van der Waals surface area contributed by atoms with Crippen LogP contribution in [0.15, 0.2) is 30.3 Å². The Hall–Kier alpha value is -2.16. The number of carbonyl (C=O) groups excluding carboxylic acids is 1. The summed E-state index contributed by atoms with van der Waals surface area (Å²) in [7, 11) is 0. The maximum Gasteiger partial charge on any atom is 0.305 e. The van der Waals surface area contributed by atoms with Crippen molar-refractivity contribution in [1.29, 1.82) is 0 Å². The minimum Gasteiger partial charge on any atom is -0.481 e. The fraction of sp³-hybridized carbons (Fsp3) is 0.724. The van der Waals surface area contributed by atoms with Crippen LogP contribution in [0.5, 0.6) is 0 Å². The van der Waals surface area contributed by atoms with Crippen LogP contribution in [0.3, 0.4) is 0 Å². The highest BCUT2D eigenvalue weighted by Crippen LogP contribution is 2.01. The van der Waals surface area contributed by atoms with Gasteiger partial charge < -0.3 is 47.7 Å². The van der Waals surface area contributed by atoms with E-state index in [1.54, 1.807) is 0 Å². The van der Waals surface area contributed by atoms with Gasteiger partial charge >= 0.3 is 11.9 Å². The van der Waals surface area contributed by atoms with Crippen molar-refractivity contribution in [2.24, 2.45) is 0 Å². The molecule has 0 aliphatic rings. The van der Waals surface area contributed by atoms with Gasteiger partial charge in [0.15, 0.2) is 0 Å². The smallest absolute Gasteiger partial charge is 0.305 e. The molecule has 0 bridgehead atoms. The van der Waals surface area contributed by atoms with E-state index in [4.69, 9.17) is 47.7 Å². The predicted molar refractivity (Wildman–Crippen MR) is 149 cm³/mol. The minimum atomic E-state index is -0.860. The van der Waals surface area contributed by atoms with Crippen molar-refractivity contribution < 1.29 is 57.3 Å². The van der Waals surface area contributed by atoms with Crippen LogP contribution in [0.4, 0.5) is 0 Å². The molecule has 0 unspecified atom stereocenters. The van der Waals surface area contributed by atoms with Crippen molar-refractivity contribution in [1.82, 2.24) is 0 Å². The number of ether oxygens (including phenoxy) is 9. The van der Waals surface area contributed by atoms with Gasteiger partial charge in [0, 0.05) is 12.8 Å². The lowest BCUT2D eigenvalue weighted by Crippen LogP contribution is -2.15. The first-order valence-electron chi connectivity index (χ1n) is 14.2. The van der Waals surface area contributed by atoms with Gasteiger partial charge in [-0.05, 0) is 18.4 Å². The number of carbonyl (C=O) groups is 2. The van der Waals surface area contributed by atoms with Crippen LogP contribution in [-0.4, -0.2) is 123 Å². The molecule has 1 N–H and O–H groups in total. The van der Waals surface area contributed by atoms with Crippen molar-refractivity contribution >= 4 is 11.9 Å². The normalized spacial score (nSPS) is 11.1. The third-order valence-corrected chi connectivity index (χ3v) is 5.23. The zero-order valence-electron chi connectivity index (χ0n) is 24.2. The third kappa shape index (κ3) is 27.8. The topological polar surface area (TPSA) is 137 Å². The first-order chi connectivity index (χ1) is 20.2. The molecule has 12 nitrogen and oxygen atoms in total. The Morgan fingerprint density at radius 2 is 0.854 bits per heavy atom. The van der Waals surface area contributed by atoms with Gasteiger partial charge in [0.2, 0.25) is 0 Å². The maximum absolute atomic E-state index is 11.5. The predicted octanol–water partition coefficient (Wildman–Crippen LogP) is 2.51. The van der Waals surface area contributed by atoms with Crippen LogP contribution in [-0.2, 0) is 58.8 Å². The molecule has 0 aliphatic heterocycles. The number of esters is 1. The molecular formula is C29H48O12. The summed E-state index contributed by atoms with van der Waals surface area (Å²) >= 11 is 0. The highest BCUT2D eigenvalue weighted by atomic mass is 16.6. The van der Waals surface area contributed by atoms with E-state index in [1.807, 2.05) is 30.3 Å². The lowest BCUT2D eigenvalue weighted by Gasteiger charge is -2.09. The van der Waals surface area contributed by atoms with Gasteiger partial charge in [-0.25, -0.2) is 0 Å². The molecule has 1 aromatic rings. The summed E-state index contributed by atoms with van der Waals surface area (Å²) < 4.78 is 48.5. The second-order valence-electron chi connectivity index (χ2n) is 8.65. The molecule has 0 aromatic heterocycles. The Labute approximate surface area is 243 Å². The van der Waals surface area contributed by atoms with Gasteiger partial charge in [-0.15, -0.1) is 0 Å². The molecule has 0 saturated heterocycles. The molecule has 1 aromatic carbocycles. The molecule has 0 fully saturated rings. The van der Waals surface area contributed by atoms with E-state index in [9.17, 15) is 9.59 Å². The molecule has 0 aliphatic carbocycles. The standard InChI is InChI=1S/C29H48O12/c30-28(31)8-4-5-9-29(32)41-25-24-39-21-20-37-17-16-35-13-12-33-10-11-34-14-15-36-18-19-38-22-23-40-26-27-6-2-1-3-7-27/h1-3,6-7H,4-5,8-26H2,(H,30,31). The average Bonchev–Trinajstić information content (AvgIpc) is 2.97. The molecule has 41 heavy (non-hydrogen) atoms. The van der Waals surface area contributed by atoms with E-state index in [-0.39, 0.29) is 32.0 Å². The van der Waals surface area contributed by atoms with Crippen LogP contribution in [0, 0.1) is 0 Å². The maximum atomic E-state index is 11.5. The van der Waals surface area contributed by atoms with E-state index in [1.165, 1.54) is 0 Å². The second kappa shape index (κ2) is 29.3. The fourth-order valence-corrected chi connectivity index (χ4v) is 3.14. The lowest BCUT2D eigenvalue weighted by atomic mass is 10.2. The van der Waals surface area contributed by atoms with Crippen LogP contribution in [0.1, 0.15) is 31.2 Å². The molecule has 236 valence electrons. The second-order valence-corrected chi connectivity index (χ2v) is 8.65. The van der Waals surface area contributed by atoms with E-state index in [0.717, 1.165) is 5.56 Å². The Kier molecular flexibility index (Phi) is 26.4. The van der Waals surface area contributed by atoms with Gasteiger partial charge in [0.25, 0.3) is 0 Å². The summed E-state index contributed by atoms with van der Waals surface area (Å²) in [5.41, 5.74) is 1.15. The number of benzene rings is 1. The SMILES string of the molecule is O=C(O)CCCCC(=O)OCCOCCOCCOCCOCCOCCOCCOCCOCc1ccccc1. The molecule has 0 amide bonds. The molecule has 0 heterocycles. The number of carboxylic acid groups (broad SMARTS) is 1. The first-order valence-corrected chi connectivity index (χ1v) is 14.2. The van der Waals surface area contributed by atoms with Gasteiger partial charge in [0.1, 0.15) is 6.61 Å². The number of carboxylic acids is 1. The van der Waals surface area contributed by atoms with Gasteiger partial charge in [-0.3, -0.25) is 9.59 Å². The number of rotatable bonds is 31. The Bertz CT molecular complexity index is 719. The zero-order valence-corrected chi connectivity index (χ0v) is 24.2. The summed E-state index contributed by atoms with van der Waals surface area (Å²) in [5.74, 6) is -1.20. The number of unbranched alkanes of at least 4 members (excludes halogenated alkanes) is 1. The van der Waals surface area contributed by atoms with Gasteiger partial charge in [-0.2, -0.15) is 0 Å². The highest BCUT2D eigenvalue weighted by Gasteiger charge is 2.04. The molecular weight excluding hydrogens is 540 g/mol. The van der Waals surface area contributed by atoms with E-state index < -0.39 is 5.97 Å². The largest absolute Gasteiger partial charge is 0.481 e. The molecule has 0 atom stereocenters. The van der Waals surface area contributed by atoms with Gasteiger partial charge in [-0.1, -0.05) is 30.3 Å². The monoisotopic (exact) mass is 588 g/mol. The van der Waals surface area contributed by atoms with E-state index >= 15 is 0 Å². The van der Waals surface area contributed by atoms with Crippen molar-refractivity contribution in [3.63, 3.8) is 0 Å². The number of hydrogen-bond acceptors (Lipinski definition) is 11. The summed E-state index contributed by atoms with van der Waals surface area (Å²) in [5, 5.41) is 8.53. The lowest BCUT2D eigenvalue weighted by molar-refractivity contribution is -0.146. The summed E-state index contributed by atoms with van der Waals surface area (Å²) in [4.78, 5) is 21.8. The fourth-order valence-electron chi connectivity index (χ4n) is 3.14. The van der Waals surface area contributed by atoms with Crippen molar-refractivity contribution in [3.8, 4) is 0 Å². The van der Waals surface area contributed by atoms with Crippen molar-refractivity contribution in [2.75, 3.05) is 106 Å². The Morgan fingerprint density at radius 1 is 0.488 bits per heavy atom. The van der Waals surface area contributed by atoms with E-state index in [0.29, 0.717) is 112 Å². The molecule has 0 radical (unpaired) electrons. The van der Waals surface area contributed by atoms with Crippen LogP contribution >= 0.6 is 0 Å². The summed E-state index contributed by atoms with van der Waals surface area (Å²) in [6, 6.07) is 10.0. The zero-order chi connectivity index (χ0) is 29.5. The number of hydrogen-bond donors (Lipinski definition) is 1. The Morgan fingerprint density at radius 3 is 1.27 bits per heavy atom. The first kappa shape index (κ1) is 36.9. The van der Waals surface area contributed by atoms with Crippen molar-refractivity contribution in [2.45, 2.75) is 32.3 Å². The van der Waals surface area contributed by atoms with Gasteiger partial charge in [0.05, 0.1) is 106 Å². The third-order valence-electron chi connectivity index (χ3n) is 5.23. The quantitative estimate of drug-likeness (QED) is 0.101.